The molecule has 0 aliphatic carbocycles. The molecule has 0 saturated carbocycles. The number of halogens is 1. The predicted octanol–water partition coefficient (Wildman–Crippen LogP) is 1.94. The molecule has 0 bridgehead atoms. The van der Waals surface area contributed by atoms with Gasteiger partial charge in [-0.1, -0.05) is 13.0 Å². The lowest BCUT2D eigenvalue weighted by Gasteiger charge is -2.35. The molecule has 1 N–H and O–H groups in total. The number of para-hydroxylation sites is 1. The van der Waals surface area contributed by atoms with Gasteiger partial charge in [0, 0.05) is 13.1 Å². The first-order valence-corrected chi connectivity index (χ1v) is 5.86. The number of nitro groups is 1. The number of hydrogen-bond donors (Lipinski definition) is 1. The van der Waals surface area contributed by atoms with Crippen molar-refractivity contribution in [2.24, 2.45) is 5.92 Å². The summed E-state index contributed by atoms with van der Waals surface area (Å²) in [6.45, 7) is 2.86. The number of aliphatic hydroxyl groups excluding tert-OH is 1. The van der Waals surface area contributed by atoms with Crippen molar-refractivity contribution in [3.05, 3.63) is 34.1 Å². The summed E-state index contributed by atoms with van der Waals surface area (Å²) in [5.74, 6) is -0.808. The Morgan fingerprint density at radius 1 is 1.56 bits per heavy atom. The first-order valence-electron chi connectivity index (χ1n) is 5.86. The second kappa shape index (κ2) is 4.89. The summed E-state index contributed by atoms with van der Waals surface area (Å²) < 4.78 is 13.5. The average Bonchev–Trinajstić information content (AvgIpc) is 2.32. The summed E-state index contributed by atoms with van der Waals surface area (Å²) >= 11 is 0. The number of nitro benzene ring substituents is 1. The fourth-order valence-corrected chi connectivity index (χ4v) is 2.29. The molecule has 0 radical (unpaired) electrons. The van der Waals surface area contributed by atoms with E-state index in [1.807, 2.05) is 6.92 Å². The third-order valence-corrected chi connectivity index (χ3v) is 3.35. The number of benzene rings is 1. The molecule has 18 heavy (non-hydrogen) atoms. The molecular weight excluding hydrogens is 239 g/mol. The van der Waals surface area contributed by atoms with Gasteiger partial charge in [0.05, 0.1) is 11.0 Å². The molecule has 6 heteroatoms. The van der Waals surface area contributed by atoms with E-state index in [2.05, 4.69) is 0 Å². The summed E-state index contributed by atoms with van der Waals surface area (Å²) in [5.41, 5.74) is -0.195. The van der Waals surface area contributed by atoms with E-state index in [4.69, 9.17) is 0 Å². The minimum atomic E-state index is -0.823. The predicted molar refractivity (Wildman–Crippen MR) is 65.1 cm³/mol. The number of hydrogen-bond acceptors (Lipinski definition) is 4. The first kappa shape index (κ1) is 12.8. The normalized spacial score (nSPS) is 24.1. The Balaban J connectivity index is 2.34. The Labute approximate surface area is 104 Å². The smallest absolute Gasteiger partial charge is 0.327 e. The van der Waals surface area contributed by atoms with Crippen LogP contribution in [0.5, 0.6) is 0 Å². The van der Waals surface area contributed by atoms with Gasteiger partial charge in [-0.05, 0) is 24.5 Å². The zero-order chi connectivity index (χ0) is 13.3. The van der Waals surface area contributed by atoms with E-state index < -0.39 is 22.5 Å². The fourth-order valence-electron chi connectivity index (χ4n) is 2.29. The Hall–Kier alpha value is -1.69. The van der Waals surface area contributed by atoms with E-state index in [0.29, 0.717) is 25.2 Å². The molecule has 2 unspecified atom stereocenters. The molecule has 0 spiro atoms. The van der Waals surface area contributed by atoms with E-state index in [9.17, 15) is 19.6 Å². The maximum Gasteiger partial charge on any atom is 0.327 e. The molecular formula is C12H15FN2O3. The highest BCUT2D eigenvalue weighted by Gasteiger charge is 2.30. The minimum Gasteiger partial charge on any atom is -0.393 e. The van der Waals surface area contributed by atoms with Gasteiger partial charge in [0.15, 0.2) is 0 Å². The maximum atomic E-state index is 13.5. The summed E-state index contributed by atoms with van der Waals surface area (Å²) in [5, 5.41) is 20.6. The third-order valence-electron chi connectivity index (χ3n) is 3.35. The van der Waals surface area contributed by atoms with Gasteiger partial charge in [0.25, 0.3) is 0 Å². The highest BCUT2D eigenvalue weighted by atomic mass is 19.1. The molecule has 1 aliphatic heterocycles. The number of piperidine rings is 1. The molecule has 1 aromatic rings. The van der Waals surface area contributed by atoms with Gasteiger partial charge in [-0.15, -0.1) is 0 Å². The van der Waals surface area contributed by atoms with E-state index in [-0.39, 0.29) is 5.92 Å². The van der Waals surface area contributed by atoms with Crippen LogP contribution in [0.2, 0.25) is 0 Å². The van der Waals surface area contributed by atoms with E-state index in [1.54, 1.807) is 11.0 Å². The maximum absolute atomic E-state index is 13.5. The number of anilines is 1. The van der Waals surface area contributed by atoms with Crippen molar-refractivity contribution < 1.29 is 14.4 Å². The van der Waals surface area contributed by atoms with Gasteiger partial charge in [-0.25, -0.2) is 0 Å². The van der Waals surface area contributed by atoms with Crippen molar-refractivity contribution in [3.63, 3.8) is 0 Å². The standard InChI is InChI=1S/C12H15FN2O3/c1-8-7-14(6-5-11(8)16)10-4-2-3-9(13)12(10)15(17)18/h2-4,8,11,16H,5-7H2,1H3. The third kappa shape index (κ3) is 2.28. The van der Waals surface area contributed by atoms with Crippen LogP contribution in [0, 0.1) is 21.8 Å². The number of aliphatic hydroxyl groups is 1. The van der Waals surface area contributed by atoms with Crippen LogP contribution in [0.4, 0.5) is 15.8 Å². The van der Waals surface area contributed by atoms with Crippen molar-refractivity contribution in [2.75, 3.05) is 18.0 Å². The van der Waals surface area contributed by atoms with Gasteiger partial charge in [0.2, 0.25) is 5.82 Å². The summed E-state index contributed by atoms with van der Waals surface area (Å²) in [4.78, 5) is 12.0. The molecule has 5 nitrogen and oxygen atoms in total. The highest BCUT2D eigenvalue weighted by Crippen LogP contribution is 2.33. The molecule has 98 valence electrons. The van der Waals surface area contributed by atoms with Gasteiger partial charge < -0.3 is 10.0 Å². The van der Waals surface area contributed by atoms with E-state index in [0.717, 1.165) is 6.07 Å². The molecule has 1 aliphatic rings. The van der Waals surface area contributed by atoms with Gasteiger partial charge in [-0.3, -0.25) is 10.1 Å². The van der Waals surface area contributed by atoms with E-state index >= 15 is 0 Å². The topological polar surface area (TPSA) is 66.6 Å². The molecule has 1 fully saturated rings. The summed E-state index contributed by atoms with van der Waals surface area (Å²) in [7, 11) is 0. The van der Waals surface area contributed by atoms with Gasteiger partial charge in [-0.2, -0.15) is 4.39 Å². The average molecular weight is 254 g/mol. The SMILES string of the molecule is CC1CN(c2cccc(F)c2[N+](=O)[O-])CCC1O. The fraction of sp³-hybridized carbons (Fsp3) is 0.500. The van der Waals surface area contributed by atoms with Crippen LogP contribution in [0.1, 0.15) is 13.3 Å². The Morgan fingerprint density at radius 2 is 2.28 bits per heavy atom. The van der Waals surface area contributed by atoms with Crippen LogP contribution < -0.4 is 4.90 Å². The Morgan fingerprint density at radius 3 is 2.89 bits per heavy atom. The first-order chi connectivity index (χ1) is 8.50. The highest BCUT2D eigenvalue weighted by molar-refractivity contribution is 5.64. The quantitative estimate of drug-likeness (QED) is 0.647. The van der Waals surface area contributed by atoms with Gasteiger partial charge >= 0.3 is 5.69 Å². The molecule has 1 heterocycles. The van der Waals surface area contributed by atoms with Gasteiger partial charge in [0.1, 0.15) is 5.69 Å². The summed E-state index contributed by atoms with van der Waals surface area (Å²) in [6.07, 6.45) is 0.142. The number of nitrogens with zero attached hydrogens (tertiary/aromatic N) is 2. The Kier molecular flexibility index (Phi) is 3.47. The largest absolute Gasteiger partial charge is 0.393 e. The van der Waals surface area contributed by atoms with Crippen molar-refractivity contribution in [1.82, 2.24) is 0 Å². The minimum absolute atomic E-state index is 0.0154. The number of rotatable bonds is 2. The molecule has 1 aromatic carbocycles. The zero-order valence-corrected chi connectivity index (χ0v) is 10.0. The monoisotopic (exact) mass is 254 g/mol. The molecule has 2 rings (SSSR count). The van der Waals surface area contributed by atoms with Crippen LogP contribution in [0.3, 0.4) is 0 Å². The lowest BCUT2D eigenvalue weighted by Crippen LogP contribution is -2.42. The lowest BCUT2D eigenvalue weighted by atomic mass is 9.96. The van der Waals surface area contributed by atoms with Crippen molar-refractivity contribution >= 4 is 11.4 Å². The van der Waals surface area contributed by atoms with Crippen LogP contribution in [-0.4, -0.2) is 29.2 Å². The van der Waals surface area contributed by atoms with Crippen molar-refractivity contribution in [2.45, 2.75) is 19.4 Å². The molecule has 1 saturated heterocycles. The second-order valence-electron chi connectivity index (χ2n) is 4.64. The molecule has 2 atom stereocenters. The van der Waals surface area contributed by atoms with Crippen LogP contribution in [-0.2, 0) is 0 Å². The zero-order valence-electron chi connectivity index (χ0n) is 10.0. The van der Waals surface area contributed by atoms with Crippen molar-refractivity contribution in [3.8, 4) is 0 Å². The summed E-state index contributed by atoms with van der Waals surface area (Å²) in [6, 6.07) is 4.10. The lowest BCUT2D eigenvalue weighted by molar-refractivity contribution is -0.386. The molecule has 0 amide bonds. The van der Waals surface area contributed by atoms with Crippen LogP contribution >= 0.6 is 0 Å². The van der Waals surface area contributed by atoms with Crippen molar-refractivity contribution in [1.29, 1.82) is 0 Å². The van der Waals surface area contributed by atoms with Crippen LogP contribution in [0.25, 0.3) is 0 Å². The van der Waals surface area contributed by atoms with E-state index in [1.165, 1.54) is 6.07 Å². The Bertz CT molecular complexity index is 467. The second-order valence-corrected chi connectivity index (χ2v) is 4.64. The molecule has 0 aromatic heterocycles. The van der Waals surface area contributed by atoms with Crippen LogP contribution in [0.15, 0.2) is 18.2 Å².